The molecule has 1 amide bonds. The van der Waals surface area contributed by atoms with E-state index in [0.29, 0.717) is 6.54 Å². The topological polar surface area (TPSA) is 38.1 Å². The first-order valence-electron chi connectivity index (χ1n) is 8.27. The van der Waals surface area contributed by atoms with Gasteiger partial charge in [0.1, 0.15) is 6.04 Å². The largest absolute Gasteiger partial charge is 0.328 e. The predicted molar refractivity (Wildman–Crippen MR) is 99.9 cm³/mol. The van der Waals surface area contributed by atoms with Crippen molar-refractivity contribution in [2.24, 2.45) is 0 Å². The van der Waals surface area contributed by atoms with Crippen LogP contribution in [0.15, 0.2) is 71.6 Å². The number of benzene rings is 2. The highest BCUT2D eigenvalue weighted by molar-refractivity contribution is 9.10. The van der Waals surface area contributed by atoms with Gasteiger partial charge < -0.3 is 9.47 Å². The Bertz CT molecular complexity index is 889. The first-order valence-corrected chi connectivity index (χ1v) is 9.06. The number of nitrogens with zero attached hydrogens (tertiary/aromatic N) is 3. The van der Waals surface area contributed by atoms with Crippen molar-refractivity contribution in [1.82, 2.24) is 14.5 Å². The maximum atomic E-state index is 13.4. The van der Waals surface area contributed by atoms with Crippen molar-refractivity contribution in [1.29, 1.82) is 0 Å². The van der Waals surface area contributed by atoms with Crippen molar-refractivity contribution in [3.05, 3.63) is 88.4 Å². The van der Waals surface area contributed by atoms with E-state index in [9.17, 15) is 4.79 Å². The summed E-state index contributed by atoms with van der Waals surface area (Å²) in [5, 5.41) is 0. The molecule has 0 saturated carbocycles. The van der Waals surface area contributed by atoms with Gasteiger partial charge >= 0.3 is 0 Å². The summed E-state index contributed by atoms with van der Waals surface area (Å²) in [7, 11) is 0. The molecule has 4 rings (SSSR count). The zero-order valence-electron chi connectivity index (χ0n) is 13.8. The Morgan fingerprint density at radius 1 is 1.12 bits per heavy atom. The number of hydrogen-bond acceptors (Lipinski definition) is 2. The number of carbonyl (C=O) groups is 1. The van der Waals surface area contributed by atoms with Crippen LogP contribution in [0.1, 0.15) is 35.8 Å². The Hall–Kier alpha value is -2.40. The van der Waals surface area contributed by atoms with Gasteiger partial charge in [-0.2, -0.15) is 0 Å². The van der Waals surface area contributed by atoms with Crippen LogP contribution in [0.25, 0.3) is 0 Å². The summed E-state index contributed by atoms with van der Waals surface area (Å²) in [6.07, 6.45) is 3.60. The molecule has 0 fully saturated rings. The maximum Gasteiger partial charge on any atom is 0.251 e. The first-order chi connectivity index (χ1) is 12.1. The van der Waals surface area contributed by atoms with Crippen LogP contribution in [0.2, 0.25) is 0 Å². The van der Waals surface area contributed by atoms with Gasteiger partial charge in [0.05, 0.1) is 24.6 Å². The van der Waals surface area contributed by atoms with E-state index in [4.69, 9.17) is 0 Å². The number of carbonyl (C=O) groups excluding carboxylic acids is 1. The van der Waals surface area contributed by atoms with Crippen LogP contribution < -0.4 is 0 Å². The predicted octanol–water partition coefficient (Wildman–Crippen LogP) is 4.34. The lowest BCUT2D eigenvalue weighted by atomic mass is 9.99. The van der Waals surface area contributed by atoms with Crippen LogP contribution in [0.4, 0.5) is 0 Å². The van der Waals surface area contributed by atoms with Crippen molar-refractivity contribution in [2.45, 2.75) is 25.6 Å². The van der Waals surface area contributed by atoms with E-state index in [1.807, 2.05) is 58.1 Å². The molecule has 2 atom stereocenters. The van der Waals surface area contributed by atoms with Crippen LogP contribution >= 0.6 is 15.9 Å². The van der Waals surface area contributed by atoms with Crippen molar-refractivity contribution >= 4 is 21.8 Å². The molecule has 0 aliphatic carbocycles. The van der Waals surface area contributed by atoms with Gasteiger partial charge in [-0.25, -0.2) is 4.98 Å². The molecule has 5 heteroatoms. The summed E-state index contributed by atoms with van der Waals surface area (Å²) in [4.78, 5) is 19.6. The molecular weight excluding hydrogens is 378 g/mol. The number of imidazole rings is 1. The van der Waals surface area contributed by atoms with Gasteiger partial charge in [-0.15, -0.1) is 0 Å². The monoisotopic (exact) mass is 395 g/mol. The fraction of sp³-hybridized carbons (Fsp3) is 0.200. The minimum atomic E-state index is -0.370. The summed E-state index contributed by atoms with van der Waals surface area (Å²) < 4.78 is 2.99. The minimum Gasteiger partial charge on any atom is -0.328 e. The molecule has 2 heterocycles. The fourth-order valence-electron chi connectivity index (χ4n) is 3.40. The third kappa shape index (κ3) is 2.89. The Morgan fingerprint density at radius 2 is 1.84 bits per heavy atom. The fourth-order valence-corrected chi connectivity index (χ4v) is 3.67. The molecular formula is C20H18BrN3O. The second-order valence-corrected chi connectivity index (χ2v) is 7.21. The lowest BCUT2D eigenvalue weighted by molar-refractivity contribution is -0.138. The zero-order chi connectivity index (χ0) is 17.4. The SMILES string of the molecule is CC(c1ccccc1)N1Cc2cncn2[C@@H](c2ccc(Br)cc2)C1=O. The molecule has 3 aromatic rings. The standard InChI is InChI=1S/C20H18BrN3O/c1-14(15-5-3-2-4-6-15)23-12-18-11-22-13-24(18)19(20(23)25)16-7-9-17(21)10-8-16/h2-11,13-14,19H,12H2,1H3/t14?,19-/m0/s1. The van der Waals surface area contributed by atoms with Gasteiger partial charge in [0, 0.05) is 10.7 Å². The van der Waals surface area contributed by atoms with E-state index < -0.39 is 0 Å². The van der Waals surface area contributed by atoms with Gasteiger partial charge in [-0.3, -0.25) is 4.79 Å². The van der Waals surface area contributed by atoms with Crippen molar-refractivity contribution < 1.29 is 4.79 Å². The van der Waals surface area contributed by atoms with Crippen LogP contribution in [-0.2, 0) is 11.3 Å². The van der Waals surface area contributed by atoms with Gasteiger partial charge in [0.25, 0.3) is 5.91 Å². The number of amides is 1. The number of aromatic nitrogens is 2. The molecule has 1 aromatic heterocycles. The smallest absolute Gasteiger partial charge is 0.251 e. The van der Waals surface area contributed by atoms with Crippen LogP contribution in [0, 0.1) is 0 Å². The van der Waals surface area contributed by atoms with E-state index in [-0.39, 0.29) is 18.0 Å². The molecule has 1 aliphatic rings. The van der Waals surface area contributed by atoms with Crippen LogP contribution in [-0.4, -0.2) is 20.4 Å². The van der Waals surface area contributed by atoms with Gasteiger partial charge in [-0.05, 0) is 30.2 Å². The number of rotatable bonds is 3. The van der Waals surface area contributed by atoms with Gasteiger partial charge in [-0.1, -0.05) is 58.4 Å². The summed E-state index contributed by atoms with van der Waals surface area (Å²) in [6.45, 7) is 2.65. The molecule has 0 spiro atoms. The summed E-state index contributed by atoms with van der Waals surface area (Å²) >= 11 is 3.46. The highest BCUT2D eigenvalue weighted by Gasteiger charge is 2.36. The summed E-state index contributed by atoms with van der Waals surface area (Å²) in [6, 6.07) is 17.7. The summed E-state index contributed by atoms with van der Waals surface area (Å²) in [5.41, 5.74) is 3.16. The molecule has 0 bridgehead atoms. The molecule has 0 radical (unpaired) electrons. The average molecular weight is 396 g/mol. The molecule has 1 aliphatic heterocycles. The number of fused-ring (bicyclic) bond motifs is 1. The highest BCUT2D eigenvalue weighted by Crippen LogP contribution is 2.33. The molecule has 1 unspecified atom stereocenters. The Morgan fingerprint density at radius 3 is 2.56 bits per heavy atom. The molecule has 25 heavy (non-hydrogen) atoms. The number of hydrogen-bond donors (Lipinski definition) is 0. The van der Waals surface area contributed by atoms with Gasteiger partial charge in [0.2, 0.25) is 0 Å². The van der Waals surface area contributed by atoms with Crippen molar-refractivity contribution in [3.8, 4) is 0 Å². The second-order valence-electron chi connectivity index (χ2n) is 6.30. The van der Waals surface area contributed by atoms with E-state index in [0.717, 1.165) is 21.3 Å². The quantitative estimate of drug-likeness (QED) is 0.661. The van der Waals surface area contributed by atoms with Gasteiger partial charge in [0.15, 0.2) is 0 Å². The van der Waals surface area contributed by atoms with E-state index in [2.05, 4.69) is 40.0 Å². The molecule has 0 N–H and O–H groups in total. The highest BCUT2D eigenvalue weighted by atomic mass is 79.9. The molecule has 126 valence electrons. The number of halogens is 1. The summed E-state index contributed by atoms with van der Waals surface area (Å²) in [5.74, 6) is 0.101. The van der Waals surface area contributed by atoms with Crippen LogP contribution in [0.5, 0.6) is 0 Å². The maximum absolute atomic E-state index is 13.4. The zero-order valence-corrected chi connectivity index (χ0v) is 15.4. The van der Waals surface area contributed by atoms with Crippen molar-refractivity contribution in [3.63, 3.8) is 0 Å². The Balaban J connectivity index is 1.75. The Labute approximate surface area is 155 Å². The molecule has 2 aromatic carbocycles. The van der Waals surface area contributed by atoms with E-state index in [1.165, 1.54) is 0 Å². The van der Waals surface area contributed by atoms with Crippen molar-refractivity contribution in [2.75, 3.05) is 0 Å². The second kappa shape index (κ2) is 6.48. The lowest BCUT2D eigenvalue weighted by Gasteiger charge is -2.38. The minimum absolute atomic E-state index is 0.00954. The van der Waals surface area contributed by atoms with Crippen LogP contribution in [0.3, 0.4) is 0 Å². The first kappa shape index (κ1) is 16.1. The normalized spacial score (nSPS) is 18.1. The Kier molecular flexibility index (Phi) is 4.17. The third-order valence-electron chi connectivity index (χ3n) is 4.81. The average Bonchev–Trinajstić information content (AvgIpc) is 3.10. The van der Waals surface area contributed by atoms with E-state index in [1.54, 1.807) is 6.33 Å². The lowest BCUT2D eigenvalue weighted by Crippen LogP contribution is -2.43. The third-order valence-corrected chi connectivity index (χ3v) is 5.34. The molecule has 0 saturated heterocycles. The van der Waals surface area contributed by atoms with E-state index >= 15 is 0 Å². The molecule has 4 nitrogen and oxygen atoms in total.